The first-order valence-electron chi connectivity index (χ1n) is 8.63. The second-order valence-corrected chi connectivity index (χ2v) is 7.43. The monoisotopic (exact) mass is 348 g/mol. The Balaban J connectivity index is 1.40. The van der Waals surface area contributed by atoms with Gasteiger partial charge in [0.15, 0.2) is 0 Å². The number of carbonyl (C=O) groups is 1. The van der Waals surface area contributed by atoms with Gasteiger partial charge in [-0.2, -0.15) is 0 Å². The summed E-state index contributed by atoms with van der Waals surface area (Å²) in [7, 11) is 0. The minimum atomic E-state index is -0.189. The number of nitrogens with one attached hydrogen (secondary N) is 2. The molecule has 126 valence electrons. The topological polar surface area (TPSA) is 41.1 Å². The average molecular weight is 348 g/mol. The molecule has 2 N–H and O–H groups in total. The van der Waals surface area contributed by atoms with Crippen LogP contribution in [0.1, 0.15) is 23.3 Å². The highest BCUT2D eigenvalue weighted by Crippen LogP contribution is 2.33. The molecular weight excluding hydrogens is 328 g/mol. The molecule has 3 nitrogen and oxygen atoms in total. The van der Waals surface area contributed by atoms with Crippen molar-refractivity contribution in [1.29, 1.82) is 0 Å². The zero-order chi connectivity index (χ0) is 17.1. The number of carbonyl (C=O) groups excluding carboxylic acids is 1. The van der Waals surface area contributed by atoms with Crippen LogP contribution in [0.4, 0.5) is 15.5 Å². The van der Waals surface area contributed by atoms with Crippen LogP contribution in [0.25, 0.3) is 11.1 Å². The number of rotatable bonds is 3. The molecule has 0 atom stereocenters. The van der Waals surface area contributed by atoms with E-state index in [1.54, 1.807) is 11.3 Å². The largest absolute Gasteiger partial charge is 0.324 e. The van der Waals surface area contributed by atoms with Crippen molar-refractivity contribution in [3.05, 3.63) is 71.1 Å². The van der Waals surface area contributed by atoms with Gasteiger partial charge in [-0.15, -0.1) is 11.3 Å². The van der Waals surface area contributed by atoms with E-state index >= 15 is 0 Å². The molecule has 25 heavy (non-hydrogen) atoms. The van der Waals surface area contributed by atoms with Crippen LogP contribution >= 0.6 is 11.3 Å². The molecule has 0 fully saturated rings. The molecule has 0 aliphatic heterocycles. The van der Waals surface area contributed by atoms with E-state index in [0.717, 1.165) is 29.1 Å². The number of hydrogen-bond donors (Lipinski definition) is 2. The maximum atomic E-state index is 12.2. The lowest BCUT2D eigenvalue weighted by molar-refractivity contribution is 0.262. The number of thiophene rings is 1. The quantitative estimate of drug-likeness (QED) is 0.604. The van der Waals surface area contributed by atoms with Crippen molar-refractivity contribution >= 4 is 28.1 Å². The predicted molar refractivity (Wildman–Crippen MR) is 105 cm³/mol. The van der Waals surface area contributed by atoms with Gasteiger partial charge >= 0.3 is 6.03 Å². The Morgan fingerprint density at radius 1 is 0.840 bits per heavy atom. The fraction of sp³-hybridized carbons (Fsp3) is 0.190. The van der Waals surface area contributed by atoms with E-state index in [-0.39, 0.29) is 6.03 Å². The fourth-order valence-electron chi connectivity index (χ4n) is 3.20. The third-order valence-electron chi connectivity index (χ3n) is 4.48. The number of urea groups is 1. The molecule has 1 aliphatic rings. The van der Waals surface area contributed by atoms with Gasteiger partial charge in [-0.1, -0.05) is 42.5 Å². The van der Waals surface area contributed by atoms with Crippen LogP contribution in [-0.4, -0.2) is 6.03 Å². The third kappa shape index (κ3) is 3.74. The smallest absolute Gasteiger partial charge is 0.308 e. The maximum Gasteiger partial charge on any atom is 0.324 e. The summed E-state index contributed by atoms with van der Waals surface area (Å²) in [4.78, 5) is 13.7. The summed E-state index contributed by atoms with van der Waals surface area (Å²) >= 11 is 1.70. The van der Waals surface area contributed by atoms with E-state index in [2.05, 4.69) is 28.8 Å². The van der Waals surface area contributed by atoms with Gasteiger partial charge in [0, 0.05) is 10.6 Å². The number of fused-ring (bicyclic) bond motifs is 1. The normalized spacial score (nSPS) is 13.1. The van der Waals surface area contributed by atoms with Gasteiger partial charge < -0.3 is 5.32 Å². The molecule has 1 heterocycles. The molecular formula is C21H20N2OS. The standard InChI is InChI=1S/C21H20N2OS/c24-21(23-20-14-17-8-4-5-9-19(17)25-20)22-18-12-10-16(11-13-18)15-6-2-1-3-7-15/h1-3,6-7,10-14H,4-5,8-9H2,(H2,22,23,24). The van der Waals surface area contributed by atoms with Crippen molar-refractivity contribution in [2.75, 3.05) is 10.6 Å². The van der Waals surface area contributed by atoms with Crippen LogP contribution < -0.4 is 10.6 Å². The van der Waals surface area contributed by atoms with Crippen molar-refractivity contribution in [3.63, 3.8) is 0 Å². The lowest BCUT2D eigenvalue weighted by Crippen LogP contribution is -2.18. The Morgan fingerprint density at radius 3 is 2.32 bits per heavy atom. The Kier molecular flexibility index (Phi) is 4.53. The summed E-state index contributed by atoms with van der Waals surface area (Å²) in [6.07, 6.45) is 4.79. The SMILES string of the molecule is O=C(Nc1ccc(-c2ccccc2)cc1)Nc1cc2c(s1)CCCC2. The molecule has 0 saturated heterocycles. The molecule has 3 aromatic rings. The Labute approximate surface area is 151 Å². The molecule has 2 amide bonds. The minimum Gasteiger partial charge on any atom is -0.308 e. The maximum absolute atomic E-state index is 12.2. The van der Waals surface area contributed by atoms with Gasteiger partial charge in [0.05, 0.1) is 5.00 Å². The van der Waals surface area contributed by atoms with Crippen molar-refractivity contribution in [2.45, 2.75) is 25.7 Å². The average Bonchev–Trinajstić information content (AvgIpc) is 3.05. The van der Waals surface area contributed by atoms with E-state index in [4.69, 9.17) is 0 Å². The second kappa shape index (κ2) is 7.11. The number of hydrogen-bond acceptors (Lipinski definition) is 2. The van der Waals surface area contributed by atoms with E-state index in [9.17, 15) is 4.79 Å². The summed E-state index contributed by atoms with van der Waals surface area (Å²) in [5.41, 5.74) is 4.50. The lowest BCUT2D eigenvalue weighted by Gasteiger charge is -2.08. The number of aryl methyl sites for hydroxylation is 2. The first kappa shape index (κ1) is 15.9. The van der Waals surface area contributed by atoms with Gasteiger partial charge in [0.25, 0.3) is 0 Å². The predicted octanol–water partition coefficient (Wildman–Crippen LogP) is 5.94. The molecule has 4 heteroatoms. The number of amides is 2. The number of anilines is 2. The first-order chi connectivity index (χ1) is 12.3. The van der Waals surface area contributed by atoms with Crippen molar-refractivity contribution in [1.82, 2.24) is 0 Å². The Morgan fingerprint density at radius 2 is 1.56 bits per heavy atom. The van der Waals surface area contributed by atoms with Gasteiger partial charge in [-0.3, -0.25) is 5.32 Å². The molecule has 0 spiro atoms. The zero-order valence-corrected chi connectivity index (χ0v) is 14.7. The molecule has 0 radical (unpaired) electrons. The second-order valence-electron chi connectivity index (χ2n) is 6.29. The van der Waals surface area contributed by atoms with Crippen molar-refractivity contribution < 1.29 is 4.79 Å². The van der Waals surface area contributed by atoms with Crippen LogP contribution in [0.15, 0.2) is 60.7 Å². The van der Waals surface area contributed by atoms with Crippen LogP contribution in [0.5, 0.6) is 0 Å². The highest BCUT2D eigenvalue weighted by atomic mass is 32.1. The Hall–Kier alpha value is -2.59. The molecule has 1 aromatic heterocycles. The molecule has 0 saturated carbocycles. The van der Waals surface area contributed by atoms with Crippen LogP contribution in [-0.2, 0) is 12.8 Å². The van der Waals surface area contributed by atoms with E-state index in [0.29, 0.717) is 0 Å². The van der Waals surface area contributed by atoms with Crippen molar-refractivity contribution in [2.24, 2.45) is 0 Å². The fourth-order valence-corrected chi connectivity index (χ4v) is 4.35. The molecule has 0 unspecified atom stereocenters. The van der Waals surface area contributed by atoms with Crippen LogP contribution in [0.3, 0.4) is 0 Å². The van der Waals surface area contributed by atoms with Crippen LogP contribution in [0.2, 0.25) is 0 Å². The molecule has 0 bridgehead atoms. The highest BCUT2D eigenvalue weighted by molar-refractivity contribution is 7.16. The van der Waals surface area contributed by atoms with Gasteiger partial charge in [0.1, 0.15) is 0 Å². The molecule has 4 rings (SSSR count). The van der Waals surface area contributed by atoms with Crippen LogP contribution in [0, 0.1) is 0 Å². The van der Waals surface area contributed by atoms with E-state index in [1.165, 1.54) is 28.8 Å². The van der Waals surface area contributed by atoms with Gasteiger partial charge in [-0.25, -0.2) is 4.79 Å². The molecule has 2 aromatic carbocycles. The number of benzene rings is 2. The minimum absolute atomic E-state index is 0.189. The summed E-state index contributed by atoms with van der Waals surface area (Å²) in [5, 5.41) is 6.80. The first-order valence-corrected chi connectivity index (χ1v) is 9.45. The van der Waals surface area contributed by atoms with E-state index < -0.39 is 0 Å². The lowest BCUT2D eigenvalue weighted by atomic mass is 10.00. The summed E-state index contributed by atoms with van der Waals surface area (Å²) in [6.45, 7) is 0. The summed E-state index contributed by atoms with van der Waals surface area (Å²) in [6, 6.07) is 20.0. The molecule has 1 aliphatic carbocycles. The van der Waals surface area contributed by atoms with Gasteiger partial charge in [-0.05, 0) is 60.6 Å². The zero-order valence-electron chi connectivity index (χ0n) is 13.9. The van der Waals surface area contributed by atoms with Gasteiger partial charge in [0.2, 0.25) is 0 Å². The third-order valence-corrected chi connectivity index (χ3v) is 5.64. The summed E-state index contributed by atoms with van der Waals surface area (Å²) in [5.74, 6) is 0. The van der Waals surface area contributed by atoms with Crippen molar-refractivity contribution in [3.8, 4) is 11.1 Å². The Bertz CT molecular complexity index is 845. The summed E-state index contributed by atoms with van der Waals surface area (Å²) < 4.78 is 0. The van der Waals surface area contributed by atoms with E-state index in [1.807, 2.05) is 42.5 Å². The highest BCUT2D eigenvalue weighted by Gasteiger charge is 2.14.